The SMILES string of the molecule is CCCCSCC[C@@H](N)C(=O)O. The van der Waals surface area contributed by atoms with E-state index >= 15 is 0 Å². The molecule has 0 saturated carbocycles. The predicted octanol–water partition coefficient (Wildman–Crippen LogP) is 1.32. The molecule has 72 valence electrons. The third-order valence-corrected chi connectivity index (χ3v) is 2.63. The highest BCUT2D eigenvalue weighted by atomic mass is 32.2. The smallest absolute Gasteiger partial charge is 0.320 e. The van der Waals surface area contributed by atoms with E-state index in [1.165, 1.54) is 12.8 Å². The van der Waals surface area contributed by atoms with Gasteiger partial charge in [0.05, 0.1) is 0 Å². The van der Waals surface area contributed by atoms with Crippen molar-refractivity contribution >= 4 is 17.7 Å². The molecule has 0 rings (SSSR count). The molecule has 4 heteroatoms. The van der Waals surface area contributed by atoms with Gasteiger partial charge in [-0.05, 0) is 24.3 Å². The lowest BCUT2D eigenvalue weighted by Crippen LogP contribution is -2.30. The summed E-state index contributed by atoms with van der Waals surface area (Å²) in [6.07, 6.45) is 2.97. The first-order valence-corrected chi connectivity index (χ1v) is 5.40. The summed E-state index contributed by atoms with van der Waals surface area (Å²) >= 11 is 1.78. The Morgan fingerprint density at radius 2 is 2.25 bits per heavy atom. The molecule has 12 heavy (non-hydrogen) atoms. The summed E-state index contributed by atoms with van der Waals surface area (Å²) in [7, 11) is 0. The van der Waals surface area contributed by atoms with Gasteiger partial charge in [-0.3, -0.25) is 4.79 Å². The number of hydrogen-bond acceptors (Lipinski definition) is 3. The van der Waals surface area contributed by atoms with Crippen LogP contribution >= 0.6 is 11.8 Å². The third kappa shape index (κ3) is 6.49. The zero-order valence-corrected chi connectivity index (χ0v) is 8.27. The van der Waals surface area contributed by atoms with Crippen LogP contribution in [0, 0.1) is 0 Å². The minimum absolute atomic E-state index is 0.573. The second-order valence-corrected chi connectivity index (χ2v) is 3.92. The first-order valence-electron chi connectivity index (χ1n) is 4.24. The van der Waals surface area contributed by atoms with E-state index in [0.29, 0.717) is 6.42 Å². The van der Waals surface area contributed by atoms with E-state index in [9.17, 15) is 4.79 Å². The van der Waals surface area contributed by atoms with Crippen LogP contribution in [-0.2, 0) is 4.79 Å². The van der Waals surface area contributed by atoms with Crippen LogP contribution in [0.25, 0.3) is 0 Å². The number of carboxylic acid groups (broad SMARTS) is 1. The van der Waals surface area contributed by atoms with Gasteiger partial charge in [0.15, 0.2) is 0 Å². The van der Waals surface area contributed by atoms with Crippen molar-refractivity contribution in [2.24, 2.45) is 5.73 Å². The second kappa shape index (κ2) is 7.43. The van der Waals surface area contributed by atoms with Gasteiger partial charge >= 0.3 is 5.97 Å². The number of aliphatic carboxylic acids is 1. The van der Waals surface area contributed by atoms with Crippen LogP contribution in [0.15, 0.2) is 0 Å². The van der Waals surface area contributed by atoms with Gasteiger partial charge in [-0.2, -0.15) is 11.8 Å². The molecule has 0 aliphatic heterocycles. The molecule has 3 N–H and O–H groups in total. The number of unbranched alkanes of at least 4 members (excludes halogenated alkanes) is 1. The maximum absolute atomic E-state index is 10.3. The summed E-state index contributed by atoms with van der Waals surface area (Å²) in [5.41, 5.74) is 5.32. The van der Waals surface area contributed by atoms with Gasteiger partial charge in [-0.15, -0.1) is 0 Å². The van der Waals surface area contributed by atoms with Gasteiger partial charge in [-0.25, -0.2) is 0 Å². The Morgan fingerprint density at radius 3 is 2.75 bits per heavy atom. The van der Waals surface area contributed by atoms with Crippen LogP contribution in [0.5, 0.6) is 0 Å². The zero-order chi connectivity index (χ0) is 9.40. The van der Waals surface area contributed by atoms with Crippen molar-refractivity contribution in [2.45, 2.75) is 32.2 Å². The molecule has 0 aromatic carbocycles. The fourth-order valence-corrected chi connectivity index (χ4v) is 1.80. The predicted molar refractivity (Wildman–Crippen MR) is 52.5 cm³/mol. The normalized spacial score (nSPS) is 12.8. The summed E-state index contributed by atoms with van der Waals surface area (Å²) in [6, 6.07) is -0.681. The lowest BCUT2D eigenvalue weighted by Gasteiger charge is -2.04. The van der Waals surface area contributed by atoms with Crippen molar-refractivity contribution in [1.29, 1.82) is 0 Å². The number of carbonyl (C=O) groups is 1. The Labute approximate surface area is 77.7 Å². The molecule has 0 aromatic rings. The number of thioether (sulfide) groups is 1. The van der Waals surface area contributed by atoms with Crippen LogP contribution in [-0.4, -0.2) is 28.6 Å². The van der Waals surface area contributed by atoms with Crippen molar-refractivity contribution in [3.8, 4) is 0 Å². The van der Waals surface area contributed by atoms with E-state index in [1.807, 2.05) is 0 Å². The van der Waals surface area contributed by atoms with Crippen molar-refractivity contribution < 1.29 is 9.90 Å². The summed E-state index contributed by atoms with van der Waals surface area (Å²) < 4.78 is 0. The van der Waals surface area contributed by atoms with E-state index in [-0.39, 0.29) is 0 Å². The van der Waals surface area contributed by atoms with Crippen LogP contribution in [0.2, 0.25) is 0 Å². The van der Waals surface area contributed by atoms with Gasteiger partial charge in [0.25, 0.3) is 0 Å². The van der Waals surface area contributed by atoms with Crippen LogP contribution < -0.4 is 5.73 Å². The molecule has 0 saturated heterocycles. The maximum atomic E-state index is 10.3. The molecule has 0 aliphatic rings. The summed E-state index contributed by atoms with van der Waals surface area (Å²) in [5.74, 6) is 1.07. The van der Waals surface area contributed by atoms with E-state index < -0.39 is 12.0 Å². The van der Waals surface area contributed by atoms with Gasteiger partial charge in [0, 0.05) is 0 Å². The first-order chi connectivity index (χ1) is 5.68. The molecule has 1 atom stereocenters. The van der Waals surface area contributed by atoms with Crippen LogP contribution in [0.1, 0.15) is 26.2 Å². The molecule has 0 bridgehead atoms. The molecule has 0 aliphatic carbocycles. The average molecular weight is 191 g/mol. The van der Waals surface area contributed by atoms with E-state index in [0.717, 1.165) is 11.5 Å². The summed E-state index contributed by atoms with van der Waals surface area (Å²) in [6.45, 7) is 2.14. The molecular weight excluding hydrogens is 174 g/mol. The topological polar surface area (TPSA) is 63.3 Å². The lowest BCUT2D eigenvalue weighted by molar-refractivity contribution is -0.138. The number of nitrogens with two attached hydrogens (primary N) is 1. The molecule has 0 aromatic heterocycles. The Balaban J connectivity index is 3.14. The zero-order valence-electron chi connectivity index (χ0n) is 7.45. The van der Waals surface area contributed by atoms with Crippen molar-refractivity contribution in [1.82, 2.24) is 0 Å². The van der Waals surface area contributed by atoms with Gasteiger partial charge < -0.3 is 10.8 Å². The maximum Gasteiger partial charge on any atom is 0.320 e. The molecule has 0 fully saturated rings. The van der Waals surface area contributed by atoms with Gasteiger partial charge in [0.2, 0.25) is 0 Å². The Bertz CT molecular complexity index is 130. The number of hydrogen-bond donors (Lipinski definition) is 2. The summed E-state index contributed by atoms with van der Waals surface area (Å²) in [4.78, 5) is 10.3. The van der Waals surface area contributed by atoms with Crippen molar-refractivity contribution in [3.05, 3.63) is 0 Å². The molecule has 0 spiro atoms. The average Bonchev–Trinajstić information content (AvgIpc) is 2.03. The monoisotopic (exact) mass is 191 g/mol. The van der Waals surface area contributed by atoms with Crippen LogP contribution in [0.4, 0.5) is 0 Å². The lowest BCUT2D eigenvalue weighted by atomic mass is 10.2. The van der Waals surface area contributed by atoms with E-state index in [2.05, 4.69) is 6.92 Å². The first kappa shape index (κ1) is 11.8. The highest BCUT2D eigenvalue weighted by Crippen LogP contribution is 2.06. The van der Waals surface area contributed by atoms with Gasteiger partial charge in [-0.1, -0.05) is 13.3 Å². The second-order valence-electron chi connectivity index (χ2n) is 2.70. The highest BCUT2D eigenvalue weighted by Gasteiger charge is 2.09. The fraction of sp³-hybridized carbons (Fsp3) is 0.875. The molecule has 0 heterocycles. The molecule has 0 radical (unpaired) electrons. The Morgan fingerprint density at radius 1 is 1.58 bits per heavy atom. The van der Waals surface area contributed by atoms with Crippen LogP contribution in [0.3, 0.4) is 0 Å². The largest absolute Gasteiger partial charge is 0.480 e. The molecule has 0 amide bonds. The van der Waals surface area contributed by atoms with E-state index in [4.69, 9.17) is 10.8 Å². The van der Waals surface area contributed by atoms with Crippen molar-refractivity contribution in [3.63, 3.8) is 0 Å². The number of carboxylic acids is 1. The fourth-order valence-electron chi connectivity index (χ4n) is 0.682. The third-order valence-electron chi connectivity index (χ3n) is 1.53. The molecular formula is C8H17NO2S. The van der Waals surface area contributed by atoms with E-state index in [1.54, 1.807) is 11.8 Å². The molecule has 3 nitrogen and oxygen atoms in total. The van der Waals surface area contributed by atoms with Crippen molar-refractivity contribution in [2.75, 3.05) is 11.5 Å². The minimum atomic E-state index is -0.897. The molecule has 0 unspecified atom stereocenters. The highest BCUT2D eigenvalue weighted by molar-refractivity contribution is 7.99. The van der Waals surface area contributed by atoms with Gasteiger partial charge in [0.1, 0.15) is 6.04 Å². The summed E-state index contributed by atoms with van der Waals surface area (Å²) in [5, 5.41) is 8.45. The Hall–Kier alpha value is -0.220. The Kier molecular flexibility index (Phi) is 7.29. The minimum Gasteiger partial charge on any atom is -0.480 e. The standard InChI is InChI=1S/C8H17NO2S/c1-2-3-5-12-6-4-7(9)8(10)11/h7H,2-6,9H2,1H3,(H,10,11)/t7-/m1/s1. The number of rotatable bonds is 7. The quantitative estimate of drug-likeness (QED) is 0.596.